The van der Waals surface area contributed by atoms with E-state index >= 15 is 0 Å². The van der Waals surface area contributed by atoms with E-state index in [-0.39, 0.29) is 29.8 Å². The van der Waals surface area contributed by atoms with Gasteiger partial charge in [0.15, 0.2) is 5.96 Å². The Kier molecular flexibility index (Phi) is 15.5. The number of nitrogens with zero attached hydrogens (tertiary/aromatic N) is 3. The molecule has 0 amide bonds. The van der Waals surface area contributed by atoms with Crippen LogP contribution < -0.4 is 10.6 Å². The maximum atomic E-state index is 12.9. The van der Waals surface area contributed by atoms with E-state index in [9.17, 15) is 4.39 Å². The molecule has 0 fully saturated rings. The minimum atomic E-state index is -0.197. The van der Waals surface area contributed by atoms with E-state index in [1.807, 2.05) is 12.1 Å². The molecule has 1 aromatic rings. The van der Waals surface area contributed by atoms with Crippen LogP contribution in [0.3, 0.4) is 0 Å². The third kappa shape index (κ3) is 12.9. The second-order valence-electron chi connectivity index (χ2n) is 6.44. The van der Waals surface area contributed by atoms with E-state index in [2.05, 4.69) is 39.5 Å². The van der Waals surface area contributed by atoms with Crippen molar-refractivity contribution < 1.29 is 9.13 Å². The molecular weight excluding hydrogens is 460 g/mol. The quantitative estimate of drug-likeness (QED) is 0.201. The fourth-order valence-electron chi connectivity index (χ4n) is 2.52. The molecule has 0 atom stereocenters. The second kappa shape index (κ2) is 16.0. The summed E-state index contributed by atoms with van der Waals surface area (Å²) in [4.78, 5) is 8.71. The van der Waals surface area contributed by atoms with Crippen molar-refractivity contribution in [1.29, 1.82) is 0 Å². The largest absolute Gasteiger partial charge is 0.385 e. The summed E-state index contributed by atoms with van der Waals surface area (Å²) < 4.78 is 18.0. The summed E-state index contributed by atoms with van der Waals surface area (Å²) in [6.07, 6.45) is 1.04. The number of methoxy groups -OCH3 is 1. The number of aliphatic imine (C=N–C) groups is 1. The molecule has 0 aliphatic rings. The van der Waals surface area contributed by atoms with Gasteiger partial charge in [-0.25, -0.2) is 4.39 Å². The Hall–Kier alpha value is -0.970. The predicted octanol–water partition coefficient (Wildman–Crippen LogP) is 2.01. The number of benzene rings is 1. The monoisotopic (exact) mass is 495 g/mol. The summed E-state index contributed by atoms with van der Waals surface area (Å²) in [6.45, 7) is 6.07. The number of likely N-dealkylation sites (N-methyl/N-ethyl adjacent to an activating group) is 2. The van der Waals surface area contributed by atoms with Crippen LogP contribution in [0.4, 0.5) is 4.39 Å². The van der Waals surface area contributed by atoms with Gasteiger partial charge in [0.25, 0.3) is 0 Å². The molecule has 0 unspecified atom stereocenters. The summed E-state index contributed by atoms with van der Waals surface area (Å²) in [5.41, 5.74) is 1.10. The molecule has 156 valence electrons. The van der Waals surface area contributed by atoms with Gasteiger partial charge < -0.3 is 25.2 Å². The third-order valence-electron chi connectivity index (χ3n) is 4.05. The SMILES string of the molecule is CN=C(NCCN(C)CCCOC)NCCN(C)Cc1ccc(F)cc1.I. The lowest BCUT2D eigenvalue weighted by atomic mass is 10.2. The van der Waals surface area contributed by atoms with Crippen LogP contribution in [-0.4, -0.2) is 83.3 Å². The number of hydrogen-bond acceptors (Lipinski definition) is 4. The fourth-order valence-corrected chi connectivity index (χ4v) is 2.52. The van der Waals surface area contributed by atoms with Crippen molar-refractivity contribution in [2.45, 2.75) is 13.0 Å². The predicted molar refractivity (Wildman–Crippen MR) is 122 cm³/mol. The summed E-state index contributed by atoms with van der Waals surface area (Å²) in [5.74, 6) is 0.614. The number of guanidine groups is 1. The number of ether oxygens (including phenoxy) is 1. The summed E-state index contributed by atoms with van der Waals surface area (Å²) in [7, 11) is 7.67. The lowest BCUT2D eigenvalue weighted by Crippen LogP contribution is -2.43. The van der Waals surface area contributed by atoms with Gasteiger partial charge in [-0.15, -0.1) is 24.0 Å². The smallest absolute Gasteiger partial charge is 0.191 e. The van der Waals surface area contributed by atoms with Crippen molar-refractivity contribution in [3.63, 3.8) is 0 Å². The molecule has 0 saturated carbocycles. The van der Waals surface area contributed by atoms with Gasteiger partial charge in [-0.05, 0) is 38.2 Å². The molecule has 0 aliphatic heterocycles. The van der Waals surface area contributed by atoms with Crippen LogP contribution in [0.15, 0.2) is 29.3 Å². The highest BCUT2D eigenvalue weighted by molar-refractivity contribution is 14.0. The Bertz CT molecular complexity index is 515. The molecule has 0 radical (unpaired) electrons. The first-order valence-electron chi connectivity index (χ1n) is 9.10. The van der Waals surface area contributed by atoms with E-state index in [1.165, 1.54) is 12.1 Å². The average Bonchev–Trinajstić information content (AvgIpc) is 2.62. The molecule has 6 nitrogen and oxygen atoms in total. The van der Waals surface area contributed by atoms with Gasteiger partial charge in [-0.2, -0.15) is 0 Å². The zero-order valence-corrected chi connectivity index (χ0v) is 19.3. The Balaban J connectivity index is 0.00000676. The van der Waals surface area contributed by atoms with Gasteiger partial charge in [-0.3, -0.25) is 4.99 Å². The number of rotatable bonds is 12. The number of nitrogens with one attached hydrogen (secondary N) is 2. The standard InChI is InChI=1S/C19H34FN5O.HI/c1-21-19(22-10-13-24(2)12-5-15-26-4)23-11-14-25(3)16-17-6-8-18(20)9-7-17;/h6-9H,5,10-16H2,1-4H3,(H2,21,22,23);1H. The Morgan fingerprint density at radius 3 is 2.19 bits per heavy atom. The maximum absolute atomic E-state index is 12.9. The normalized spacial score (nSPS) is 11.6. The molecule has 8 heteroatoms. The van der Waals surface area contributed by atoms with Gasteiger partial charge in [0.2, 0.25) is 0 Å². The van der Waals surface area contributed by atoms with Gasteiger partial charge in [0.05, 0.1) is 0 Å². The molecule has 2 N–H and O–H groups in total. The van der Waals surface area contributed by atoms with Crippen molar-refractivity contribution in [3.05, 3.63) is 35.6 Å². The number of hydrogen-bond donors (Lipinski definition) is 2. The van der Waals surface area contributed by atoms with Crippen molar-refractivity contribution in [2.75, 3.05) is 67.6 Å². The van der Waals surface area contributed by atoms with E-state index in [0.29, 0.717) is 0 Å². The lowest BCUT2D eigenvalue weighted by molar-refractivity contribution is 0.180. The Morgan fingerprint density at radius 1 is 1.04 bits per heavy atom. The molecule has 27 heavy (non-hydrogen) atoms. The van der Waals surface area contributed by atoms with E-state index in [4.69, 9.17) is 4.74 Å². The van der Waals surface area contributed by atoms with Crippen LogP contribution in [0.1, 0.15) is 12.0 Å². The average molecular weight is 495 g/mol. The molecule has 0 bridgehead atoms. The van der Waals surface area contributed by atoms with E-state index in [1.54, 1.807) is 14.2 Å². The van der Waals surface area contributed by atoms with Gasteiger partial charge in [0, 0.05) is 60.0 Å². The third-order valence-corrected chi connectivity index (χ3v) is 4.05. The molecule has 1 rings (SSSR count). The molecule has 0 aromatic heterocycles. The van der Waals surface area contributed by atoms with Crippen LogP contribution in [0.25, 0.3) is 0 Å². The van der Waals surface area contributed by atoms with Crippen LogP contribution in [0.5, 0.6) is 0 Å². The first-order chi connectivity index (χ1) is 12.5. The van der Waals surface area contributed by atoms with Crippen LogP contribution in [0.2, 0.25) is 0 Å². The second-order valence-corrected chi connectivity index (χ2v) is 6.44. The minimum absolute atomic E-state index is 0. The van der Waals surface area contributed by atoms with Crippen LogP contribution in [0, 0.1) is 5.82 Å². The molecule has 0 spiro atoms. The van der Waals surface area contributed by atoms with Crippen LogP contribution >= 0.6 is 24.0 Å². The van der Waals surface area contributed by atoms with Crippen molar-refractivity contribution >= 4 is 29.9 Å². The molecule has 1 aromatic carbocycles. The maximum Gasteiger partial charge on any atom is 0.191 e. The van der Waals surface area contributed by atoms with Crippen LogP contribution in [-0.2, 0) is 11.3 Å². The molecular formula is C19H35FIN5O. The Labute approximate surface area is 180 Å². The fraction of sp³-hybridized carbons (Fsp3) is 0.632. The zero-order chi connectivity index (χ0) is 19.2. The van der Waals surface area contributed by atoms with E-state index in [0.717, 1.165) is 63.8 Å². The van der Waals surface area contributed by atoms with Gasteiger partial charge >= 0.3 is 0 Å². The van der Waals surface area contributed by atoms with Crippen molar-refractivity contribution in [1.82, 2.24) is 20.4 Å². The Morgan fingerprint density at radius 2 is 1.63 bits per heavy atom. The highest BCUT2D eigenvalue weighted by Crippen LogP contribution is 2.04. The first kappa shape index (κ1) is 26.0. The van der Waals surface area contributed by atoms with Crippen molar-refractivity contribution in [3.8, 4) is 0 Å². The summed E-state index contributed by atoms with van der Waals surface area (Å²) >= 11 is 0. The van der Waals surface area contributed by atoms with Gasteiger partial charge in [-0.1, -0.05) is 12.1 Å². The lowest BCUT2D eigenvalue weighted by Gasteiger charge is -2.20. The van der Waals surface area contributed by atoms with Crippen molar-refractivity contribution in [2.24, 2.45) is 4.99 Å². The van der Waals surface area contributed by atoms with E-state index < -0.39 is 0 Å². The molecule has 0 heterocycles. The number of halogens is 2. The van der Waals surface area contributed by atoms with Gasteiger partial charge in [0.1, 0.15) is 5.82 Å². The molecule has 0 saturated heterocycles. The minimum Gasteiger partial charge on any atom is -0.385 e. The highest BCUT2D eigenvalue weighted by atomic mass is 127. The zero-order valence-electron chi connectivity index (χ0n) is 17.0. The first-order valence-corrected chi connectivity index (χ1v) is 9.10. The summed E-state index contributed by atoms with van der Waals surface area (Å²) in [5, 5.41) is 6.65. The topological polar surface area (TPSA) is 52.1 Å². The molecule has 0 aliphatic carbocycles. The summed E-state index contributed by atoms with van der Waals surface area (Å²) in [6, 6.07) is 6.64. The highest BCUT2D eigenvalue weighted by Gasteiger charge is 2.03.